The first-order valence-corrected chi connectivity index (χ1v) is 9.84. The number of hydrogen-bond acceptors (Lipinski definition) is 4. The van der Waals surface area contributed by atoms with Crippen LogP contribution in [0.5, 0.6) is 5.75 Å². The number of unbranched alkanes of at least 4 members (excludes halogenated alkanes) is 2. The maximum absolute atomic E-state index is 5.85. The average molecular weight is 387 g/mol. The van der Waals surface area contributed by atoms with Crippen molar-refractivity contribution in [2.24, 2.45) is 0 Å². The molecule has 5 heteroatoms. The molecular formula is C22H27ClN2O2. The van der Waals surface area contributed by atoms with Gasteiger partial charge in [-0.25, -0.2) is 0 Å². The molecule has 0 aliphatic heterocycles. The fraction of sp³-hybridized carbons (Fsp3) is 0.455. The minimum Gasteiger partial charge on any atom is -0.494 e. The molecule has 0 saturated heterocycles. The van der Waals surface area contributed by atoms with Gasteiger partial charge in [0.25, 0.3) is 0 Å². The molecular weight excluding hydrogens is 360 g/mol. The summed E-state index contributed by atoms with van der Waals surface area (Å²) in [5.74, 6) is 2.87. The van der Waals surface area contributed by atoms with Gasteiger partial charge in [0.15, 0.2) is 0 Å². The van der Waals surface area contributed by atoms with Crippen LogP contribution in [0.2, 0.25) is 0 Å². The first-order chi connectivity index (χ1) is 12.8. The number of nitrogens with zero attached hydrogens (tertiary/aromatic N) is 2. The number of rotatable bonds is 7. The summed E-state index contributed by atoms with van der Waals surface area (Å²) in [6.07, 6.45) is 8.39. The predicted molar refractivity (Wildman–Crippen MR) is 111 cm³/mol. The fourth-order valence-corrected chi connectivity index (χ4v) is 3.69. The van der Waals surface area contributed by atoms with Gasteiger partial charge in [0, 0.05) is 11.5 Å². The third-order valence-corrected chi connectivity index (χ3v) is 5.23. The van der Waals surface area contributed by atoms with E-state index >= 15 is 0 Å². The zero-order valence-electron chi connectivity index (χ0n) is 15.8. The van der Waals surface area contributed by atoms with E-state index in [-0.39, 0.29) is 12.4 Å². The molecule has 0 amide bonds. The van der Waals surface area contributed by atoms with Crippen LogP contribution >= 0.6 is 12.4 Å². The molecule has 0 N–H and O–H groups in total. The lowest BCUT2D eigenvalue weighted by molar-refractivity contribution is 0.306. The van der Waals surface area contributed by atoms with Crippen LogP contribution in [0.3, 0.4) is 0 Å². The highest BCUT2D eigenvalue weighted by atomic mass is 35.5. The van der Waals surface area contributed by atoms with E-state index in [4.69, 9.17) is 9.26 Å². The molecule has 3 aromatic rings. The minimum atomic E-state index is 0. The summed E-state index contributed by atoms with van der Waals surface area (Å²) < 4.78 is 11.4. The molecule has 1 aromatic heterocycles. The molecule has 1 aliphatic carbocycles. The molecule has 1 aliphatic rings. The summed E-state index contributed by atoms with van der Waals surface area (Å²) in [4.78, 5) is 4.64. The van der Waals surface area contributed by atoms with Crippen molar-refractivity contribution < 1.29 is 9.26 Å². The van der Waals surface area contributed by atoms with E-state index in [9.17, 15) is 0 Å². The van der Waals surface area contributed by atoms with Gasteiger partial charge >= 0.3 is 0 Å². The van der Waals surface area contributed by atoms with Gasteiger partial charge in [-0.3, -0.25) is 0 Å². The molecule has 0 spiro atoms. The Kier molecular flexibility index (Phi) is 6.73. The number of fused-ring (bicyclic) bond motifs is 1. The lowest BCUT2D eigenvalue weighted by atomic mass is 10.1. The maximum Gasteiger partial charge on any atom is 0.230 e. The Balaban J connectivity index is 0.00000210. The Labute approximate surface area is 166 Å². The van der Waals surface area contributed by atoms with E-state index in [0.717, 1.165) is 35.6 Å². The maximum atomic E-state index is 5.85. The predicted octanol–water partition coefficient (Wildman–Crippen LogP) is 6.54. The molecule has 2 aromatic carbocycles. The molecule has 144 valence electrons. The van der Waals surface area contributed by atoms with Gasteiger partial charge in [-0.15, -0.1) is 12.4 Å². The highest BCUT2D eigenvalue weighted by Gasteiger charge is 2.23. The molecule has 27 heavy (non-hydrogen) atoms. The highest BCUT2D eigenvalue weighted by molar-refractivity contribution is 5.87. The smallest absolute Gasteiger partial charge is 0.230 e. The summed E-state index contributed by atoms with van der Waals surface area (Å²) in [6.45, 7) is 2.98. The van der Waals surface area contributed by atoms with Crippen LogP contribution in [0.25, 0.3) is 22.2 Å². The van der Waals surface area contributed by atoms with Crippen molar-refractivity contribution in [3.05, 3.63) is 42.3 Å². The number of benzene rings is 2. The van der Waals surface area contributed by atoms with Gasteiger partial charge in [-0.05, 0) is 48.2 Å². The summed E-state index contributed by atoms with van der Waals surface area (Å²) in [7, 11) is 0. The standard InChI is InChI=1S/C22H26N2O2.ClH/c1-2-3-6-13-25-20-12-11-17-14-19(10-9-18(17)15-20)21-23-22(26-24-21)16-7-4-5-8-16;/h9-12,14-16H,2-8,13H2,1H3;1H. The highest BCUT2D eigenvalue weighted by Crippen LogP contribution is 2.34. The van der Waals surface area contributed by atoms with E-state index in [2.05, 4.69) is 47.4 Å². The Bertz CT molecular complexity index is 872. The van der Waals surface area contributed by atoms with E-state index < -0.39 is 0 Å². The number of aromatic nitrogens is 2. The van der Waals surface area contributed by atoms with Gasteiger partial charge in [-0.2, -0.15) is 4.98 Å². The molecule has 0 atom stereocenters. The van der Waals surface area contributed by atoms with Crippen LogP contribution in [-0.4, -0.2) is 16.7 Å². The average Bonchev–Trinajstić information content (AvgIpc) is 3.36. The Morgan fingerprint density at radius 2 is 1.81 bits per heavy atom. The molecule has 1 heterocycles. The zero-order valence-corrected chi connectivity index (χ0v) is 16.6. The summed E-state index contributed by atoms with van der Waals surface area (Å²) in [5.41, 5.74) is 1.00. The lowest BCUT2D eigenvalue weighted by Crippen LogP contribution is -1.96. The Morgan fingerprint density at radius 3 is 2.63 bits per heavy atom. The molecule has 0 radical (unpaired) electrons. The summed E-state index contributed by atoms with van der Waals surface area (Å²) >= 11 is 0. The summed E-state index contributed by atoms with van der Waals surface area (Å²) in [5, 5.41) is 6.53. The number of halogens is 1. The molecule has 4 nitrogen and oxygen atoms in total. The van der Waals surface area contributed by atoms with Crippen molar-refractivity contribution in [1.82, 2.24) is 10.1 Å². The third-order valence-electron chi connectivity index (χ3n) is 5.23. The van der Waals surface area contributed by atoms with Gasteiger partial charge in [0.2, 0.25) is 11.7 Å². The Morgan fingerprint density at radius 1 is 1.04 bits per heavy atom. The van der Waals surface area contributed by atoms with Crippen molar-refractivity contribution in [3.63, 3.8) is 0 Å². The van der Waals surface area contributed by atoms with Gasteiger partial charge in [-0.1, -0.05) is 56.0 Å². The molecule has 4 rings (SSSR count). The van der Waals surface area contributed by atoms with Crippen LogP contribution in [0.4, 0.5) is 0 Å². The second-order valence-corrected chi connectivity index (χ2v) is 7.22. The van der Waals surface area contributed by atoms with Crippen molar-refractivity contribution >= 4 is 23.2 Å². The number of ether oxygens (including phenoxy) is 1. The van der Waals surface area contributed by atoms with Gasteiger partial charge < -0.3 is 9.26 Å². The van der Waals surface area contributed by atoms with Crippen LogP contribution in [0.1, 0.15) is 63.7 Å². The molecule has 1 saturated carbocycles. The van der Waals surface area contributed by atoms with Crippen molar-refractivity contribution in [2.75, 3.05) is 6.61 Å². The second kappa shape index (κ2) is 9.23. The van der Waals surface area contributed by atoms with E-state index in [1.54, 1.807) is 0 Å². The normalized spacial score (nSPS) is 14.4. The number of hydrogen-bond donors (Lipinski definition) is 0. The lowest BCUT2D eigenvalue weighted by Gasteiger charge is -2.07. The third kappa shape index (κ3) is 4.62. The van der Waals surface area contributed by atoms with Gasteiger partial charge in [0.1, 0.15) is 5.75 Å². The van der Waals surface area contributed by atoms with E-state index in [0.29, 0.717) is 11.7 Å². The SMILES string of the molecule is CCCCCOc1ccc2cc(-c3noc(C4CCCC4)n3)ccc2c1.Cl. The van der Waals surface area contributed by atoms with Crippen LogP contribution in [0.15, 0.2) is 40.9 Å². The van der Waals surface area contributed by atoms with E-state index in [1.165, 1.54) is 43.9 Å². The monoisotopic (exact) mass is 386 g/mol. The van der Waals surface area contributed by atoms with Gasteiger partial charge in [0.05, 0.1) is 6.61 Å². The first-order valence-electron chi connectivity index (χ1n) is 9.84. The second-order valence-electron chi connectivity index (χ2n) is 7.22. The Hall–Kier alpha value is -2.07. The molecule has 0 unspecified atom stereocenters. The molecule has 0 bridgehead atoms. The minimum absolute atomic E-state index is 0. The first kappa shape index (κ1) is 19.7. The van der Waals surface area contributed by atoms with Crippen LogP contribution in [-0.2, 0) is 0 Å². The van der Waals surface area contributed by atoms with Crippen molar-refractivity contribution in [1.29, 1.82) is 0 Å². The van der Waals surface area contributed by atoms with E-state index in [1.807, 2.05) is 6.07 Å². The topological polar surface area (TPSA) is 48.2 Å². The van der Waals surface area contributed by atoms with Crippen molar-refractivity contribution in [2.45, 2.75) is 57.8 Å². The van der Waals surface area contributed by atoms with Crippen molar-refractivity contribution in [3.8, 4) is 17.1 Å². The largest absolute Gasteiger partial charge is 0.494 e. The zero-order chi connectivity index (χ0) is 17.8. The summed E-state index contributed by atoms with van der Waals surface area (Å²) in [6, 6.07) is 12.5. The van der Waals surface area contributed by atoms with Crippen LogP contribution in [0, 0.1) is 0 Å². The molecule has 1 fully saturated rings. The fourth-order valence-electron chi connectivity index (χ4n) is 3.69. The van der Waals surface area contributed by atoms with Crippen LogP contribution < -0.4 is 4.74 Å². The quantitative estimate of drug-likeness (QED) is 0.432.